The molecule has 0 N–H and O–H groups in total. The van der Waals surface area contributed by atoms with Crippen LogP contribution < -0.4 is 0 Å². The molecule has 1 unspecified atom stereocenters. The summed E-state index contributed by atoms with van der Waals surface area (Å²) in [7, 11) is 0. The molecule has 1 aromatic heterocycles. The van der Waals surface area contributed by atoms with Crippen LogP contribution in [0.3, 0.4) is 0 Å². The lowest BCUT2D eigenvalue weighted by atomic mass is 9.95. The first-order valence-electron chi connectivity index (χ1n) is 5.04. The van der Waals surface area contributed by atoms with Gasteiger partial charge in [-0.25, -0.2) is 0 Å². The summed E-state index contributed by atoms with van der Waals surface area (Å²) in [5, 5.41) is 0. The molecule has 0 aliphatic carbocycles. The highest BCUT2D eigenvalue weighted by atomic mass is 32.1. The Balaban J connectivity index is 2.45. The highest BCUT2D eigenvalue weighted by Gasteiger charge is 2.10. The number of benzene rings is 1. The second-order valence-corrected chi connectivity index (χ2v) is 4.20. The first-order valence-corrected chi connectivity index (χ1v) is 5.77. The van der Waals surface area contributed by atoms with Gasteiger partial charge in [-0.3, -0.25) is 0 Å². The molecule has 0 saturated heterocycles. The molecule has 0 aliphatic rings. The molecule has 0 radical (unpaired) electrons. The number of fused-ring (bicyclic) bond motifs is 1. The van der Waals surface area contributed by atoms with Crippen LogP contribution in [0.25, 0.3) is 11.0 Å². The Morgan fingerprint density at radius 3 is 3.00 bits per heavy atom. The van der Waals surface area contributed by atoms with Crippen LogP contribution in [0.5, 0.6) is 0 Å². The van der Waals surface area contributed by atoms with Crippen LogP contribution in [0.1, 0.15) is 38.2 Å². The van der Waals surface area contributed by atoms with Crippen molar-refractivity contribution in [3.8, 4) is 0 Å². The summed E-state index contributed by atoms with van der Waals surface area (Å²) in [6.45, 7) is 4.48. The van der Waals surface area contributed by atoms with Gasteiger partial charge in [-0.1, -0.05) is 32.4 Å². The molecule has 0 bridgehead atoms. The minimum absolute atomic E-state index is 0.590. The Morgan fingerprint density at radius 2 is 2.21 bits per heavy atom. The van der Waals surface area contributed by atoms with E-state index in [1.54, 1.807) is 0 Å². The van der Waals surface area contributed by atoms with E-state index in [-0.39, 0.29) is 0 Å². The standard InChI is InChI=1S/C11H14N2S/c1-3-5-8(2)9-6-4-7-10-11(9)13-14-12-10/h4,6-8H,3,5H2,1-2H3. The van der Waals surface area contributed by atoms with Crippen molar-refractivity contribution < 1.29 is 0 Å². The molecule has 0 spiro atoms. The van der Waals surface area contributed by atoms with E-state index in [2.05, 4.69) is 34.7 Å². The summed E-state index contributed by atoms with van der Waals surface area (Å²) in [5.74, 6) is 0.590. The monoisotopic (exact) mass is 206 g/mol. The Morgan fingerprint density at radius 1 is 1.36 bits per heavy atom. The fourth-order valence-corrected chi connectivity index (χ4v) is 2.37. The molecule has 1 atom stereocenters. The SMILES string of the molecule is CCCC(C)c1cccc2nsnc12. The fraction of sp³-hybridized carbons (Fsp3) is 0.455. The predicted molar refractivity (Wildman–Crippen MR) is 60.7 cm³/mol. The van der Waals surface area contributed by atoms with Crippen LogP contribution in [-0.2, 0) is 0 Å². The molecule has 0 aliphatic heterocycles. The van der Waals surface area contributed by atoms with E-state index in [1.165, 1.54) is 30.1 Å². The molecule has 2 aromatic rings. The molecule has 3 heteroatoms. The van der Waals surface area contributed by atoms with Gasteiger partial charge < -0.3 is 0 Å². The van der Waals surface area contributed by atoms with E-state index >= 15 is 0 Å². The number of aromatic nitrogens is 2. The Bertz CT molecular complexity index is 422. The lowest BCUT2D eigenvalue weighted by Gasteiger charge is -2.10. The van der Waals surface area contributed by atoms with Gasteiger partial charge in [-0.2, -0.15) is 8.75 Å². The smallest absolute Gasteiger partial charge is 0.108 e. The zero-order chi connectivity index (χ0) is 9.97. The first-order chi connectivity index (χ1) is 6.83. The number of hydrogen-bond donors (Lipinski definition) is 0. The maximum absolute atomic E-state index is 4.35. The lowest BCUT2D eigenvalue weighted by molar-refractivity contribution is 0.668. The van der Waals surface area contributed by atoms with Crippen molar-refractivity contribution in [3.63, 3.8) is 0 Å². The predicted octanol–water partition coefficient (Wildman–Crippen LogP) is 3.59. The summed E-state index contributed by atoms with van der Waals surface area (Å²) < 4.78 is 8.60. The summed E-state index contributed by atoms with van der Waals surface area (Å²) in [6, 6.07) is 6.27. The molecular weight excluding hydrogens is 192 g/mol. The molecule has 0 amide bonds. The normalized spacial score (nSPS) is 13.3. The molecule has 1 aromatic carbocycles. The molecule has 14 heavy (non-hydrogen) atoms. The van der Waals surface area contributed by atoms with E-state index in [9.17, 15) is 0 Å². The average Bonchev–Trinajstić information content (AvgIpc) is 2.65. The molecule has 1 heterocycles. The van der Waals surface area contributed by atoms with Crippen molar-refractivity contribution in [1.82, 2.24) is 8.75 Å². The van der Waals surface area contributed by atoms with Gasteiger partial charge in [-0.05, 0) is 24.0 Å². The van der Waals surface area contributed by atoms with Crippen molar-refractivity contribution in [1.29, 1.82) is 0 Å². The highest BCUT2D eigenvalue weighted by Crippen LogP contribution is 2.26. The van der Waals surface area contributed by atoms with Gasteiger partial charge >= 0.3 is 0 Å². The number of rotatable bonds is 3. The third-order valence-corrected chi connectivity index (χ3v) is 3.11. The lowest BCUT2D eigenvalue weighted by Crippen LogP contribution is -1.93. The van der Waals surface area contributed by atoms with E-state index in [0.29, 0.717) is 5.92 Å². The van der Waals surface area contributed by atoms with Crippen molar-refractivity contribution in [3.05, 3.63) is 23.8 Å². The third-order valence-electron chi connectivity index (χ3n) is 2.57. The fourth-order valence-electron chi connectivity index (χ4n) is 1.81. The van der Waals surface area contributed by atoms with Gasteiger partial charge in [0, 0.05) is 0 Å². The zero-order valence-electron chi connectivity index (χ0n) is 8.53. The van der Waals surface area contributed by atoms with E-state index < -0.39 is 0 Å². The van der Waals surface area contributed by atoms with Crippen molar-refractivity contribution in [2.24, 2.45) is 0 Å². The van der Waals surface area contributed by atoms with Crippen LogP contribution >= 0.6 is 11.7 Å². The zero-order valence-corrected chi connectivity index (χ0v) is 9.34. The highest BCUT2D eigenvalue weighted by molar-refractivity contribution is 7.00. The molecule has 2 rings (SSSR count). The first kappa shape index (κ1) is 9.59. The summed E-state index contributed by atoms with van der Waals surface area (Å²) >= 11 is 1.30. The Hall–Kier alpha value is -0.960. The minimum atomic E-state index is 0.590. The van der Waals surface area contributed by atoms with Crippen LogP contribution in [0.15, 0.2) is 18.2 Å². The van der Waals surface area contributed by atoms with Crippen LogP contribution in [0.4, 0.5) is 0 Å². The van der Waals surface area contributed by atoms with E-state index in [4.69, 9.17) is 0 Å². The number of hydrogen-bond acceptors (Lipinski definition) is 3. The number of nitrogens with zero attached hydrogens (tertiary/aromatic N) is 2. The second-order valence-electron chi connectivity index (χ2n) is 3.67. The summed E-state index contributed by atoms with van der Waals surface area (Å²) in [5.41, 5.74) is 3.48. The van der Waals surface area contributed by atoms with Gasteiger partial charge in [0.15, 0.2) is 0 Å². The van der Waals surface area contributed by atoms with Crippen molar-refractivity contribution in [2.45, 2.75) is 32.6 Å². The summed E-state index contributed by atoms with van der Waals surface area (Å²) in [6.07, 6.45) is 2.44. The molecular formula is C11H14N2S. The van der Waals surface area contributed by atoms with Crippen LogP contribution in [-0.4, -0.2) is 8.75 Å². The Labute approximate surface area is 88.3 Å². The molecule has 2 nitrogen and oxygen atoms in total. The molecule has 74 valence electrons. The molecule has 0 saturated carbocycles. The van der Waals surface area contributed by atoms with Gasteiger partial charge in [-0.15, -0.1) is 0 Å². The van der Waals surface area contributed by atoms with Crippen molar-refractivity contribution >= 4 is 22.8 Å². The molecule has 0 fully saturated rings. The summed E-state index contributed by atoms with van der Waals surface area (Å²) in [4.78, 5) is 0. The van der Waals surface area contributed by atoms with E-state index in [1.807, 2.05) is 6.07 Å². The largest absolute Gasteiger partial charge is 0.173 e. The van der Waals surface area contributed by atoms with Crippen molar-refractivity contribution in [2.75, 3.05) is 0 Å². The van der Waals surface area contributed by atoms with Crippen LogP contribution in [0.2, 0.25) is 0 Å². The second kappa shape index (κ2) is 4.05. The Kier molecular flexibility index (Phi) is 2.77. The van der Waals surface area contributed by atoms with E-state index in [0.717, 1.165) is 11.0 Å². The van der Waals surface area contributed by atoms with Gasteiger partial charge in [0.05, 0.1) is 11.7 Å². The topological polar surface area (TPSA) is 25.8 Å². The minimum Gasteiger partial charge on any atom is -0.173 e. The van der Waals surface area contributed by atoms with Gasteiger partial charge in [0.2, 0.25) is 0 Å². The van der Waals surface area contributed by atoms with Crippen LogP contribution in [0, 0.1) is 0 Å². The quantitative estimate of drug-likeness (QED) is 0.767. The third kappa shape index (κ3) is 1.64. The van der Waals surface area contributed by atoms with Gasteiger partial charge in [0.25, 0.3) is 0 Å². The van der Waals surface area contributed by atoms with Gasteiger partial charge in [0.1, 0.15) is 11.0 Å². The maximum atomic E-state index is 4.35. The maximum Gasteiger partial charge on any atom is 0.108 e. The average molecular weight is 206 g/mol.